The summed E-state index contributed by atoms with van der Waals surface area (Å²) in [5.74, 6) is -0.690. The Morgan fingerprint density at radius 2 is 2.00 bits per heavy atom. The molecular weight excluding hydrogens is 436 g/mol. The Kier molecular flexibility index (Phi) is 7.03. The monoisotopic (exact) mass is 460 g/mol. The van der Waals surface area contributed by atoms with Crippen LogP contribution in [0.5, 0.6) is 0 Å². The van der Waals surface area contributed by atoms with Gasteiger partial charge in [0.25, 0.3) is 5.91 Å². The first kappa shape index (κ1) is 21.5. The predicted molar refractivity (Wildman–Crippen MR) is 113 cm³/mol. The van der Waals surface area contributed by atoms with Gasteiger partial charge in [0.1, 0.15) is 5.69 Å². The molecule has 1 N–H and O–H groups in total. The van der Waals surface area contributed by atoms with Crippen molar-refractivity contribution in [3.63, 3.8) is 0 Å². The number of aromatic nitrogens is 1. The van der Waals surface area contributed by atoms with Crippen molar-refractivity contribution in [2.75, 3.05) is 26.4 Å². The fourth-order valence-electron chi connectivity index (χ4n) is 3.60. The van der Waals surface area contributed by atoms with E-state index in [0.29, 0.717) is 37.6 Å². The molecule has 7 heteroatoms. The standard InChI is InChI=1S/C22H25BrN2O4/c1-3-29-21(27)18-7-8-19(25-15(18)2)20(26)24-14-22(9-11-28-12-10-22)16-5-4-6-17(23)13-16/h4-8,13H,3,9-12,14H2,1-2H3,(H,24,26). The third kappa shape index (κ3) is 5.03. The Labute approximate surface area is 179 Å². The molecule has 29 heavy (non-hydrogen) atoms. The number of hydrogen-bond donors (Lipinski definition) is 1. The largest absolute Gasteiger partial charge is 0.462 e. The van der Waals surface area contributed by atoms with Crippen LogP contribution in [0.4, 0.5) is 0 Å². The van der Waals surface area contributed by atoms with Crippen molar-refractivity contribution < 1.29 is 19.1 Å². The lowest BCUT2D eigenvalue weighted by atomic mass is 9.74. The summed E-state index contributed by atoms with van der Waals surface area (Å²) in [6.45, 7) is 5.56. The van der Waals surface area contributed by atoms with E-state index in [-0.39, 0.29) is 17.0 Å². The lowest BCUT2D eigenvalue weighted by Gasteiger charge is -2.38. The van der Waals surface area contributed by atoms with Gasteiger partial charge in [-0.15, -0.1) is 0 Å². The van der Waals surface area contributed by atoms with E-state index < -0.39 is 5.97 Å². The molecule has 1 aliphatic rings. The van der Waals surface area contributed by atoms with Crippen molar-refractivity contribution in [3.8, 4) is 0 Å². The van der Waals surface area contributed by atoms with Crippen molar-refractivity contribution in [1.29, 1.82) is 0 Å². The molecule has 154 valence electrons. The van der Waals surface area contributed by atoms with Crippen molar-refractivity contribution >= 4 is 27.8 Å². The average Bonchev–Trinajstić information content (AvgIpc) is 2.72. The molecule has 6 nitrogen and oxygen atoms in total. The summed E-state index contributed by atoms with van der Waals surface area (Å²) >= 11 is 3.54. The van der Waals surface area contributed by atoms with E-state index in [1.165, 1.54) is 5.56 Å². The molecule has 0 atom stereocenters. The van der Waals surface area contributed by atoms with E-state index >= 15 is 0 Å². The van der Waals surface area contributed by atoms with E-state index in [1.807, 2.05) is 12.1 Å². The number of carbonyl (C=O) groups excluding carboxylic acids is 2. The zero-order chi connectivity index (χ0) is 20.9. The number of amides is 1. The molecule has 1 aromatic heterocycles. The van der Waals surface area contributed by atoms with E-state index in [0.717, 1.165) is 17.3 Å². The summed E-state index contributed by atoms with van der Waals surface area (Å²) in [4.78, 5) is 29.0. The second kappa shape index (κ2) is 9.50. The molecule has 0 bridgehead atoms. The molecular formula is C22H25BrN2O4. The van der Waals surface area contributed by atoms with Crippen LogP contribution in [0.2, 0.25) is 0 Å². The quantitative estimate of drug-likeness (QED) is 0.663. The van der Waals surface area contributed by atoms with Crippen LogP contribution < -0.4 is 5.32 Å². The van der Waals surface area contributed by atoms with Gasteiger partial charge in [0, 0.05) is 29.6 Å². The van der Waals surface area contributed by atoms with Gasteiger partial charge in [-0.05, 0) is 56.5 Å². The fourth-order valence-corrected chi connectivity index (χ4v) is 4.00. The normalized spacial score (nSPS) is 15.6. The Morgan fingerprint density at radius 3 is 2.66 bits per heavy atom. The maximum Gasteiger partial charge on any atom is 0.339 e. The summed E-state index contributed by atoms with van der Waals surface area (Å²) in [5.41, 5.74) is 2.13. The van der Waals surface area contributed by atoms with Crippen molar-refractivity contribution in [2.45, 2.75) is 32.1 Å². The Hall–Kier alpha value is -2.25. The molecule has 2 aromatic rings. The molecule has 0 aliphatic carbocycles. The van der Waals surface area contributed by atoms with Crippen LogP contribution in [-0.4, -0.2) is 43.2 Å². The third-order valence-corrected chi connectivity index (χ3v) is 5.78. The molecule has 2 heterocycles. The lowest BCUT2D eigenvalue weighted by Crippen LogP contribution is -2.44. The summed E-state index contributed by atoms with van der Waals surface area (Å²) in [6.07, 6.45) is 1.66. The molecule has 1 saturated heterocycles. The highest BCUT2D eigenvalue weighted by Gasteiger charge is 2.35. The summed E-state index contributed by atoms with van der Waals surface area (Å²) in [6, 6.07) is 11.4. The second-order valence-corrected chi connectivity index (χ2v) is 8.05. The smallest absolute Gasteiger partial charge is 0.339 e. The molecule has 0 saturated carbocycles. The van der Waals surface area contributed by atoms with E-state index in [2.05, 4.69) is 38.4 Å². The van der Waals surface area contributed by atoms with Gasteiger partial charge < -0.3 is 14.8 Å². The number of benzene rings is 1. The van der Waals surface area contributed by atoms with Gasteiger partial charge in [0.2, 0.25) is 0 Å². The zero-order valence-corrected chi connectivity index (χ0v) is 18.3. The number of halogens is 1. The Balaban J connectivity index is 1.75. The number of aryl methyl sites for hydroxylation is 1. The van der Waals surface area contributed by atoms with Gasteiger partial charge in [-0.3, -0.25) is 4.79 Å². The highest BCUT2D eigenvalue weighted by Crippen LogP contribution is 2.35. The summed E-state index contributed by atoms with van der Waals surface area (Å²) in [7, 11) is 0. The molecule has 1 aromatic carbocycles. The molecule has 0 unspecified atom stereocenters. The van der Waals surface area contributed by atoms with Crippen LogP contribution in [0.25, 0.3) is 0 Å². The van der Waals surface area contributed by atoms with Crippen LogP contribution in [-0.2, 0) is 14.9 Å². The Bertz CT molecular complexity index is 894. The minimum absolute atomic E-state index is 0.183. The predicted octanol–water partition coefficient (Wildman–Crippen LogP) is 3.81. The number of rotatable bonds is 6. The van der Waals surface area contributed by atoms with Gasteiger partial charge in [0.05, 0.1) is 17.9 Å². The number of pyridine rings is 1. The minimum atomic E-state index is -0.430. The van der Waals surface area contributed by atoms with Crippen molar-refractivity contribution in [2.24, 2.45) is 0 Å². The first-order valence-corrected chi connectivity index (χ1v) is 10.5. The minimum Gasteiger partial charge on any atom is -0.462 e. The molecule has 1 amide bonds. The molecule has 1 aliphatic heterocycles. The zero-order valence-electron chi connectivity index (χ0n) is 16.7. The first-order chi connectivity index (χ1) is 13.9. The van der Waals surface area contributed by atoms with Crippen LogP contribution in [0.1, 0.15) is 51.9 Å². The molecule has 0 spiro atoms. The number of esters is 1. The second-order valence-electron chi connectivity index (χ2n) is 7.14. The number of hydrogen-bond acceptors (Lipinski definition) is 5. The van der Waals surface area contributed by atoms with Crippen molar-refractivity contribution in [3.05, 3.63) is 63.4 Å². The maximum absolute atomic E-state index is 12.8. The highest BCUT2D eigenvalue weighted by molar-refractivity contribution is 9.10. The summed E-state index contributed by atoms with van der Waals surface area (Å²) < 4.78 is 11.6. The van der Waals surface area contributed by atoms with E-state index in [4.69, 9.17) is 9.47 Å². The highest BCUT2D eigenvalue weighted by atomic mass is 79.9. The van der Waals surface area contributed by atoms with Crippen molar-refractivity contribution in [1.82, 2.24) is 10.3 Å². The van der Waals surface area contributed by atoms with Crippen LogP contribution in [0, 0.1) is 6.92 Å². The number of carbonyl (C=O) groups is 2. The number of ether oxygens (including phenoxy) is 2. The number of nitrogens with zero attached hydrogens (tertiary/aromatic N) is 1. The van der Waals surface area contributed by atoms with Gasteiger partial charge >= 0.3 is 5.97 Å². The van der Waals surface area contributed by atoms with Crippen LogP contribution in [0.3, 0.4) is 0 Å². The van der Waals surface area contributed by atoms with Gasteiger partial charge in [0.15, 0.2) is 0 Å². The van der Waals surface area contributed by atoms with Gasteiger partial charge in [-0.25, -0.2) is 9.78 Å². The third-order valence-electron chi connectivity index (χ3n) is 5.29. The molecule has 1 fully saturated rings. The molecule has 0 radical (unpaired) electrons. The van der Waals surface area contributed by atoms with Crippen LogP contribution >= 0.6 is 15.9 Å². The van der Waals surface area contributed by atoms with Gasteiger partial charge in [-0.1, -0.05) is 28.1 Å². The summed E-state index contributed by atoms with van der Waals surface area (Å²) in [5, 5.41) is 3.04. The topological polar surface area (TPSA) is 77.5 Å². The van der Waals surface area contributed by atoms with E-state index in [9.17, 15) is 9.59 Å². The lowest BCUT2D eigenvalue weighted by molar-refractivity contribution is 0.0486. The fraction of sp³-hybridized carbons (Fsp3) is 0.409. The molecule has 3 rings (SSSR count). The Morgan fingerprint density at radius 1 is 1.24 bits per heavy atom. The maximum atomic E-state index is 12.8. The average molecular weight is 461 g/mol. The van der Waals surface area contributed by atoms with Crippen LogP contribution in [0.15, 0.2) is 40.9 Å². The van der Waals surface area contributed by atoms with Gasteiger partial charge in [-0.2, -0.15) is 0 Å². The number of nitrogens with one attached hydrogen (secondary N) is 1. The SMILES string of the molecule is CCOC(=O)c1ccc(C(=O)NCC2(c3cccc(Br)c3)CCOCC2)nc1C. The first-order valence-electron chi connectivity index (χ1n) is 9.72. The van der Waals surface area contributed by atoms with E-state index in [1.54, 1.807) is 26.0 Å².